The fraction of sp³-hybridized carbons (Fsp3) is 0. The molecule has 3 rings (SSSR count). The number of thiophene rings is 1. The zero-order valence-corrected chi connectivity index (χ0v) is 13.9. The summed E-state index contributed by atoms with van der Waals surface area (Å²) in [5.41, 5.74) is 1.86. The van der Waals surface area contributed by atoms with Crippen LogP contribution in [0.4, 0.5) is 5.69 Å². The first kappa shape index (κ1) is 16.2. The van der Waals surface area contributed by atoms with Crippen molar-refractivity contribution in [1.82, 2.24) is 0 Å². The number of nitrogens with one attached hydrogen (secondary N) is 1. The largest absolute Gasteiger partial charge is 0.478 e. The summed E-state index contributed by atoms with van der Waals surface area (Å²) in [5, 5.41) is 13.9. The fourth-order valence-electron chi connectivity index (χ4n) is 2.20. The third-order valence-corrected chi connectivity index (χ3v) is 4.66. The van der Waals surface area contributed by atoms with Crippen molar-refractivity contribution in [3.05, 3.63) is 76.1 Å². The normalized spacial score (nSPS) is 10.4. The van der Waals surface area contributed by atoms with E-state index < -0.39 is 5.97 Å². The maximum Gasteiger partial charge on any atom is 0.337 e. The number of hydrogen-bond acceptors (Lipinski definition) is 3. The molecular weight excluding hydrogens is 346 g/mol. The zero-order valence-electron chi connectivity index (χ0n) is 12.3. The first-order valence-electron chi connectivity index (χ1n) is 7.03. The van der Waals surface area contributed by atoms with E-state index >= 15 is 0 Å². The van der Waals surface area contributed by atoms with Gasteiger partial charge in [0.15, 0.2) is 0 Å². The predicted octanol–water partition coefficient (Wildman–Crippen LogP) is 5.02. The molecular formula is C18H12ClNO3S. The van der Waals surface area contributed by atoms with Crippen LogP contribution in [0.5, 0.6) is 0 Å². The van der Waals surface area contributed by atoms with Gasteiger partial charge in [-0.3, -0.25) is 4.79 Å². The minimum atomic E-state index is -1.14. The molecule has 1 amide bonds. The van der Waals surface area contributed by atoms with Crippen LogP contribution >= 0.6 is 22.9 Å². The summed E-state index contributed by atoms with van der Waals surface area (Å²) >= 11 is 7.45. The number of anilines is 1. The quantitative estimate of drug-likeness (QED) is 0.689. The van der Waals surface area contributed by atoms with Crippen molar-refractivity contribution in [1.29, 1.82) is 0 Å². The van der Waals surface area contributed by atoms with E-state index in [1.165, 1.54) is 12.1 Å². The lowest BCUT2D eigenvalue weighted by molar-refractivity contribution is 0.0696. The lowest BCUT2D eigenvalue weighted by Gasteiger charge is -2.08. The van der Waals surface area contributed by atoms with E-state index in [9.17, 15) is 9.59 Å². The molecule has 6 heteroatoms. The average molecular weight is 358 g/mol. The highest BCUT2D eigenvalue weighted by atomic mass is 35.5. The van der Waals surface area contributed by atoms with Gasteiger partial charge in [0.2, 0.25) is 0 Å². The molecule has 3 aromatic rings. The molecule has 1 heterocycles. The monoisotopic (exact) mass is 357 g/mol. The Morgan fingerprint density at radius 1 is 1.04 bits per heavy atom. The molecule has 0 atom stereocenters. The number of aromatic carboxylic acids is 1. The predicted molar refractivity (Wildman–Crippen MR) is 96.1 cm³/mol. The van der Waals surface area contributed by atoms with Gasteiger partial charge in [0, 0.05) is 16.1 Å². The smallest absolute Gasteiger partial charge is 0.337 e. The molecule has 120 valence electrons. The summed E-state index contributed by atoms with van der Waals surface area (Å²) in [6.45, 7) is 0. The molecule has 0 aliphatic heterocycles. The highest BCUT2D eigenvalue weighted by Crippen LogP contribution is 2.25. The zero-order chi connectivity index (χ0) is 17.1. The van der Waals surface area contributed by atoms with Gasteiger partial charge in [-0.15, -0.1) is 11.3 Å². The SMILES string of the molecule is O=C(Nc1ccc(Cl)c(C(=O)O)c1)c1ccc(-c2cccs2)cc1. The summed E-state index contributed by atoms with van der Waals surface area (Å²) in [6, 6.07) is 15.6. The minimum absolute atomic E-state index is 0.0532. The second-order valence-electron chi connectivity index (χ2n) is 5.01. The van der Waals surface area contributed by atoms with Gasteiger partial charge in [-0.05, 0) is 47.3 Å². The van der Waals surface area contributed by atoms with Gasteiger partial charge in [-0.1, -0.05) is 29.8 Å². The van der Waals surface area contributed by atoms with E-state index in [4.69, 9.17) is 16.7 Å². The maximum atomic E-state index is 12.3. The van der Waals surface area contributed by atoms with Crippen LogP contribution in [-0.4, -0.2) is 17.0 Å². The lowest BCUT2D eigenvalue weighted by atomic mass is 10.1. The first-order chi connectivity index (χ1) is 11.5. The fourth-order valence-corrected chi connectivity index (χ4v) is 3.13. The van der Waals surface area contributed by atoms with Crippen LogP contribution in [0.2, 0.25) is 5.02 Å². The van der Waals surface area contributed by atoms with Crippen LogP contribution in [-0.2, 0) is 0 Å². The summed E-state index contributed by atoms with van der Waals surface area (Å²) in [5.74, 6) is -1.46. The number of amides is 1. The Morgan fingerprint density at radius 3 is 2.42 bits per heavy atom. The molecule has 0 radical (unpaired) electrons. The number of carbonyl (C=O) groups is 2. The molecule has 1 aromatic heterocycles. The Hall–Kier alpha value is -2.63. The van der Waals surface area contributed by atoms with Crippen molar-refractivity contribution in [3.8, 4) is 10.4 Å². The third-order valence-electron chi connectivity index (χ3n) is 3.41. The molecule has 0 unspecified atom stereocenters. The maximum absolute atomic E-state index is 12.3. The van der Waals surface area contributed by atoms with Crippen molar-refractivity contribution in [2.75, 3.05) is 5.32 Å². The van der Waals surface area contributed by atoms with Gasteiger partial charge < -0.3 is 10.4 Å². The molecule has 4 nitrogen and oxygen atoms in total. The number of halogens is 1. The van der Waals surface area contributed by atoms with Crippen molar-refractivity contribution < 1.29 is 14.7 Å². The molecule has 2 aromatic carbocycles. The van der Waals surface area contributed by atoms with Crippen molar-refractivity contribution in [3.63, 3.8) is 0 Å². The Balaban J connectivity index is 1.78. The minimum Gasteiger partial charge on any atom is -0.478 e. The number of carboxylic acid groups (broad SMARTS) is 1. The lowest BCUT2D eigenvalue weighted by Crippen LogP contribution is -2.12. The second kappa shape index (κ2) is 6.86. The van der Waals surface area contributed by atoms with Crippen LogP contribution in [0.1, 0.15) is 20.7 Å². The van der Waals surface area contributed by atoms with Gasteiger partial charge in [0.1, 0.15) is 0 Å². The molecule has 0 bridgehead atoms. The van der Waals surface area contributed by atoms with Crippen molar-refractivity contribution in [2.45, 2.75) is 0 Å². The molecule has 0 aliphatic rings. The second-order valence-corrected chi connectivity index (χ2v) is 6.36. The number of rotatable bonds is 4. The first-order valence-corrected chi connectivity index (χ1v) is 8.28. The van der Waals surface area contributed by atoms with Crippen LogP contribution in [0.3, 0.4) is 0 Å². The van der Waals surface area contributed by atoms with Crippen LogP contribution < -0.4 is 5.32 Å². The van der Waals surface area contributed by atoms with E-state index in [0.29, 0.717) is 11.3 Å². The summed E-state index contributed by atoms with van der Waals surface area (Å²) in [4.78, 5) is 24.5. The molecule has 0 saturated heterocycles. The van der Waals surface area contributed by atoms with Gasteiger partial charge in [-0.2, -0.15) is 0 Å². The highest BCUT2D eigenvalue weighted by Gasteiger charge is 2.12. The van der Waals surface area contributed by atoms with Crippen LogP contribution in [0.25, 0.3) is 10.4 Å². The van der Waals surface area contributed by atoms with E-state index in [-0.39, 0.29) is 16.5 Å². The summed E-state index contributed by atoms with van der Waals surface area (Å²) < 4.78 is 0. The van der Waals surface area contributed by atoms with Gasteiger partial charge in [0.25, 0.3) is 5.91 Å². The number of benzene rings is 2. The van der Waals surface area contributed by atoms with E-state index in [2.05, 4.69) is 5.32 Å². The number of carboxylic acids is 1. The highest BCUT2D eigenvalue weighted by molar-refractivity contribution is 7.13. The van der Waals surface area contributed by atoms with Gasteiger partial charge in [0.05, 0.1) is 10.6 Å². The molecule has 2 N–H and O–H groups in total. The number of carbonyl (C=O) groups excluding carboxylic acids is 1. The Morgan fingerprint density at radius 2 is 1.79 bits per heavy atom. The summed E-state index contributed by atoms with van der Waals surface area (Å²) in [6.07, 6.45) is 0. The van der Waals surface area contributed by atoms with Gasteiger partial charge in [-0.25, -0.2) is 4.79 Å². The molecule has 0 saturated carbocycles. The van der Waals surface area contributed by atoms with Crippen LogP contribution in [0, 0.1) is 0 Å². The van der Waals surface area contributed by atoms with E-state index in [1.54, 1.807) is 29.5 Å². The van der Waals surface area contributed by atoms with Crippen LogP contribution in [0.15, 0.2) is 60.0 Å². The standard InChI is InChI=1S/C18H12ClNO3S/c19-15-8-7-13(10-14(15)18(22)23)20-17(21)12-5-3-11(4-6-12)16-2-1-9-24-16/h1-10H,(H,20,21)(H,22,23). The van der Waals surface area contributed by atoms with Crippen molar-refractivity contribution >= 4 is 40.5 Å². The Bertz CT molecular complexity index is 889. The third kappa shape index (κ3) is 3.48. The molecule has 24 heavy (non-hydrogen) atoms. The molecule has 0 spiro atoms. The molecule has 0 fully saturated rings. The molecule has 0 aliphatic carbocycles. The summed E-state index contributed by atoms with van der Waals surface area (Å²) in [7, 11) is 0. The average Bonchev–Trinajstić information content (AvgIpc) is 3.11. The number of hydrogen-bond donors (Lipinski definition) is 2. The topological polar surface area (TPSA) is 66.4 Å². The Kier molecular flexibility index (Phi) is 4.64. The van der Waals surface area contributed by atoms with Gasteiger partial charge >= 0.3 is 5.97 Å². The van der Waals surface area contributed by atoms with E-state index in [1.807, 2.05) is 29.6 Å². The van der Waals surface area contributed by atoms with Crippen molar-refractivity contribution in [2.24, 2.45) is 0 Å². The van der Waals surface area contributed by atoms with E-state index in [0.717, 1.165) is 10.4 Å². The Labute approximate surface area is 147 Å².